The van der Waals surface area contributed by atoms with Gasteiger partial charge in [-0.1, -0.05) is 18.2 Å². The molecular weight excluding hydrogens is 226 g/mol. The van der Waals surface area contributed by atoms with Gasteiger partial charge >= 0.3 is 0 Å². The molecule has 98 valence electrons. The molecule has 1 saturated heterocycles. The highest BCUT2D eigenvalue weighted by Gasteiger charge is 2.16. The maximum absolute atomic E-state index is 12.2. The smallest absolute Gasteiger partial charge is 0.240 e. The first-order valence-electron chi connectivity index (χ1n) is 6.52. The monoisotopic (exact) mass is 247 g/mol. The molecule has 1 aliphatic rings. The average Bonchev–Trinajstić information content (AvgIpc) is 2.67. The first-order chi connectivity index (χ1) is 8.77. The zero-order valence-electron chi connectivity index (χ0n) is 10.9. The number of amides is 1. The minimum absolute atomic E-state index is 0.156. The van der Waals surface area contributed by atoms with E-state index in [-0.39, 0.29) is 5.91 Å². The molecule has 0 atom stereocenters. The summed E-state index contributed by atoms with van der Waals surface area (Å²) in [7, 11) is 1.84. The van der Waals surface area contributed by atoms with E-state index in [9.17, 15) is 4.79 Å². The number of carbonyl (C=O) groups is 1. The number of nitrogens with zero attached hydrogens (tertiary/aromatic N) is 2. The Bertz CT molecular complexity index is 372. The topological polar surface area (TPSA) is 35.6 Å². The second kappa shape index (κ2) is 6.52. The van der Waals surface area contributed by atoms with Crippen molar-refractivity contribution in [2.75, 3.05) is 44.7 Å². The maximum atomic E-state index is 12.2. The summed E-state index contributed by atoms with van der Waals surface area (Å²) in [5.41, 5.74) is 0.954. The van der Waals surface area contributed by atoms with Crippen molar-refractivity contribution in [2.24, 2.45) is 0 Å². The highest BCUT2D eigenvalue weighted by Crippen LogP contribution is 2.11. The molecule has 0 saturated carbocycles. The molecule has 1 N–H and O–H groups in total. The van der Waals surface area contributed by atoms with Gasteiger partial charge in [-0.2, -0.15) is 0 Å². The van der Waals surface area contributed by atoms with Crippen molar-refractivity contribution in [3.05, 3.63) is 30.3 Å². The highest BCUT2D eigenvalue weighted by molar-refractivity contribution is 5.94. The Morgan fingerprint density at radius 1 is 1.28 bits per heavy atom. The Balaban J connectivity index is 1.90. The lowest BCUT2D eigenvalue weighted by Crippen LogP contribution is -2.39. The molecule has 1 aromatic rings. The van der Waals surface area contributed by atoms with E-state index in [1.165, 1.54) is 0 Å². The number of hydrogen-bond acceptors (Lipinski definition) is 3. The molecule has 2 rings (SSSR count). The molecule has 1 fully saturated rings. The van der Waals surface area contributed by atoms with Crippen LogP contribution in [0, 0.1) is 0 Å². The van der Waals surface area contributed by atoms with Crippen LogP contribution >= 0.6 is 0 Å². The lowest BCUT2D eigenvalue weighted by Gasteiger charge is -2.23. The largest absolute Gasteiger partial charge is 0.315 e. The second-order valence-corrected chi connectivity index (χ2v) is 4.67. The van der Waals surface area contributed by atoms with E-state index < -0.39 is 0 Å². The van der Waals surface area contributed by atoms with Crippen LogP contribution in [-0.4, -0.2) is 50.6 Å². The minimum atomic E-state index is 0.156. The Morgan fingerprint density at radius 3 is 2.83 bits per heavy atom. The zero-order chi connectivity index (χ0) is 12.8. The van der Waals surface area contributed by atoms with Gasteiger partial charge in [0, 0.05) is 25.8 Å². The van der Waals surface area contributed by atoms with Crippen LogP contribution in [0.15, 0.2) is 30.3 Å². The second-order valence-electron chi connectivity index (χ2n) is 4.67. The molecule has 0 aliphatic carbocycles. The standard InChI is InChI=1S/C14H21N3O/c1-16(13-6-3-2-4-7-13)14(18)12-17-10-5-8-15-9-11-17/h2-4,6-7,15H,5,8-12H2,1H3. The molecule has 0 bridgehead atoms. The lowest BCUT2D eigenvalue weighted by molar-refractivity contribution is -0.119. The fourth-order valence-corrected chi connectivity index (χ4v) is 2.15. The summed E-state index contributed by atoms with van der Waals surface area (Å²) in [5, 5.41) is 3.34. The Hall–Kier alpha value is -1.39. The molecule has 1 aliphatic heterocycles. The van der Waals surface area contributed by atoms with Gasteiger partial charge in [0.2, 0.25) is 5.91 Å². The molecule has 0 radical (unpaired) electrons. The number of likely N-dealkylation sites (N-methyl/N-ethyl adjacent to an activating group) is 1. The Kier molecular flexibility index (Phi) is 4.73. The van der Waals surface area contributed by atoms with Crippen molar-refractivity contribution >= 4 is 11.6 Å². The fraction of sp³-hybridized carbons (Fsp3) is 0.500. The number of rotatable bonds is 3. The number of para-hydroxylation sites is 1. The van der Waals surface area contributed by atoms with Gasteiger partial charge in [0.1, 0.15) is 0 Å². The van der Waals surface area contributed by atoms with Crippen molar-refractivity contribution in [1.29, 1.82) is 0 Å². The van der Waals surface area contributed by atoms with Gasteiger partial charge in [0.05, 0.1) is 6.54 Å². The van der Waals surface area contributed by atoms with Crippen molar-refractivity contribution < 1.29 is 4.79 Å². The van der Waals surface area contributed by atoms with Crippen LogP contribution in [-0.2, 0) is 4.79 Å². The van der Waals surface area contributed by atoms with Crippen molar-refractivity contribution in [3.8, 4) is 0 Å². The summed E-state index contributed by atoms with van der Waals surface area (Å²) >= 11 is 0. The predicted molar refractivity (Wildman–Crippen MR) is 73.8 cm³/mol. The average molecular weight is 247 g/mol. The van der Waals surface area contributed by atoms with Crippen LogP contribution < -0.4 is 10.2 Å². The highest BCUT2D eigenvalue weighted by atomic mass is 16.2. The van der Waals surface area contributed by atoms with E-state index in [4.69, 9.17) is 0 Å². The van der Waals surface area contributed by atoms with Crippen molar-refractivity contribution in [3.63, 3.8) is 0 Å². The summed E-state index contributed by atoms with van der Waals surface area (Å²) in [6.07, 6.45) is 1.11. The first kappa shape index (κ1) is 13.1. The van der Waals surface area contributed by atoms with Gasteiger partial charge in [-0.05, 0) is 31.6 Å². The van der Waals surface area contributed by atoms with Gasteiger partial charge in [0.15, 0.2) is 0 Å². The number of anilines is 1. The SMILES string of the molecule is CN(C(=O)CN1CCCNCC1)c1ccccc1. The normalized spacial score (nSPS) is 17.2. The van der Waals surface area contributed by atoms with Gasteiger partial charge < -0.3 is 10.2 Å². The zero-order valence-corrected chi connectivity index (χ0v) is 10.9. The van der Waals surface area contributed by atoms with Gasteiger partial charge in [-0.3, -0.25) is 9.69 Å². The molecule has 0 unspecified atom stereocenters. The maximum Gasteiger partial charge on any atom is 0.240 e. The first-order valence-corrected chi connectivity index (χ1v) is 6.52. The number of nitrogens with one attached hydrogen (secondary N) is 1. The molecule has 0 aromatic heterocycles. The number of benzene rings is 1. The molecule has 4 heteroatoms. The van der Waals surface area contributed by atoms with Gasteiger partial charge in [-0.15, -0.1) is 0 Å². The lowest BCUT2D eigenvalue weighted by atomic mass is 10.3. The molecule has 1 heterocycles. The quantitative estimate of drug-likeness (QED) is 0.863. The van der Waals surface area contributed by atoms with Gasteiger partial charge in [-0.25, -0.2) is 0 Å². The van der Waals surface area contributed by atoms with Crippen molar-refractivity contribution in [1.82, 2.24) is 10.2 Å². The van der Waals surface area contributed by atoms with E-state index >= 15 is 0 Å². The van der Waals surface area contributed by atoms with E-state index in [0.29, 0.717) is 6.54 Å². The summed E-state index contributed by atoms with van der Waals surface area (Å²) in [4.78, 5) is 16.1. The third-order valence-electron chi connectivity index (χ3n) is 3.31. The van der Waals surface area contributed by atoms with Crippen LogP contribution in [0.1, 0.15) is 6.42 Å². The summed E-state index contributed by atoms with van der Waals surface area (Å²) in [5.74, 6) is 0.156. The predicted octanol–water partition coefficient (Wildman–Crippen LogP) is 0.945. The summed E-state index contributed by atoms with van der Waals surface area (Å²) < 4.78 is 0. The number of carbonyl (C=O) groups excluding carboxylic acids is 1. The minimum Gasteiger partial charge on any atom is -0.315 e. The molecule has 0 spiro atoms. The van der Waals surface area contributed by atoms with Crippen molar-refractivity contribution in [2.45, 2.75) is 6.42 Å². The van der Waals surface area contributed by atoms with E-state index in [1.807, 2.05) is 37.4 Å². The third-order valence-corrected chi connectivity index (χ3v) is 3.31. The van der Waals surface area contributed by atoms with Gasteiger partial charge in [0.25, 0.3) is 0 Å². The van der Waals surface area contributed by atoms with E-state index in [1.54, 1.807) is 4.90 Å². The fourth-order valence-electron chi connectivity index (χ4n) is 2.15. The van der Waals surface area contributed by atoms with Crippen LogP contribution in [0.5, 0.6) is 0 Å². The Morgan fingerprint density at radius 2 is 2.06 bits per heavy atom. The molecule has 18 heavy (non-hydrogen) atoms. The molecule has 1 aromatic carbocycles. The Labute approximate surface area is 109 Å². The summed E-state index contributed by atoms with van der Waals surface area (Å²) in [6, 6.07) is 9.79. The third kappa shape index (κ3) is 3.55. The molecule has 4 nitrogen and oxygen atoms in total. The van der Waals surface area contributed by atoms with E-state index in [0.717, 1.165) is 38.3 Å². The van der Waals surface area contributed by atoms with Crippen LogP contribution in [0.4, 0.5) is 5.69 Å². The van der Waals surface area contributed by atoms with Crippen LogP contribution in [0.3, 0.4) is 0 Å². The number of hydrogen-bond donors (Lipinski definition) is 1. The van der Waals surface area contributed by atoms with E-state index in [2.05, 4.69) is 10.2 Å². The summed E-state index contributed by atoms with van der Waals surface area (Å²) in [6.45, 7) is 4.49. The molecular formula is C14H21N3O. The van der Waals surface area contributed by atoms with Crippen LogP contribution in [0.25, 0.3) is 0 Å². The van der Waals surface area contributed by atoms with Crippen LogP contribution in [0.2, 0.25) is 0 Å². The molecule has 1 amide bonds.